The van der Waals surface area contributed by atoms with Crippen LogP contribution in [-0.2, 0) is 4.79 Å². The van der Waals surface area contributed by atoms with Crippen molar-refractivity contribution in [1.29, 1.82) is 0 Å². The summed E-state index contributed by atoms with van der Waals surface area (Å²) < 4.78 is 5.52. The lowest BCUT2D eigenvalue weighted by Crippen LogP contribution is -2.46. The van der Waals surface area contributed by atoms with Crippen molar-refractivity contribution in [2.75, 3.05) is 25.5 Å². The summed E-state index contributed by atoms with van der Waals surface area (Å²) in [6.45, 7) is 2.92. The summed E-state index contributed by atoms with van der Waals surface area (Å²) in [7, 11) is 1.62. The molecule has 0 aliphatic carbocycles. The summed E-state index contributed by atoms with van der Waals surface area (Å²) in [6.07, 6.45) is 3.29. The van der Waals surface area contributed by atoms with Crippen molar-refractivity contribution in [3.05, 3.63) is 36.2 Å². The van der Waals surface area contributed by atoms with Gasteiger partial charge >= 0.3 is 6.03 Å². The van der Waals surface area contributed by atoms with Crippen molar-refractivity contribution in [2.45, 2.75) is 19.8 Å². The monoisotopic (exact) mass is 342 g/mol. The third-order valence-electron chi connectivity index (χ3n) is 4.31. The van der Waals surface area contributed by atoms with Crippen molar-refractivity contribution in [2.24, 2.45) is 5.92 Å². The van der Waals surface area contributed by atoms with E-state index < -0.39 is 0 Å². The number of rotatable bonds is 3. The standard InChI is InChI=1S/C18H22N4O3/c1-12-10-20-17(25-12)13-5-3-7-15(9-13)21-18(24)22-8-4-6-14(11-22)16(23)19-2/h3,5,7,9-10,14H,4,6,8,11H2,1-2H3,(H,19,23)(H,21,24)/t14-/m0/s1. The fourth-order valence-corrected chi connectivity index (χ4v) is 3.00. The largest absolute Gasteiger partial charge is 0.441 e. The molecule has 25 heavy (non-hydrogen) atoms. The van der Waals surface area contributed by atoms with Crippen LogP contribution in [0.5, 0.6) is 0 Å². The number of likely N-dealkylation sites (tertiary alicyclic amines) is 1. The Bertz CT molecular complexity index is 771. The van der Waals surface area contributed by atoms with Crippen molar-refractivity contribution in [3.63, 3.8) is 0 Å². The third-order valence-corrected chi connectivity index (χ3v) is 4.31. The van der Waals surface area contributed by atoms with Gasteiger partial charge in [0.1, 0.15) is 5.76 Å². The first-order valence-electron chi connectivity index (χ1n) is 8.37. The molecular weight excluding hydrogens is 320 g/mol. The molecule has 1 atom stereocenters. The molecule has 0 bridgehead atoms. The second kappa shape index (κ2) is 7.38. The van der Waals surface area contributed by atoms with Gasteiger partial charge in [0.05, 0.1) is 12.1 Å². The average Bonchev–Trinajstić information content (AvgIpc) is 3.08. The van der Waals surface area contributed by atoms with Crippen molar-refractivity contribution in [1.82, 2.24) is 15.2 Å². The fraction of sp³-hybridized carbons (Fsp3) is 0.389. The summed E-state index contributed by atoms with van der Waals surface area (Å²) in [5, 5.41) is 5.55. The molecule has 132 valence electrons. The molecule has 7 heteroatoms. The van der Waals surface area contributed by atoms with E-state index in [0.29, 0.717) is 24.7 Å². The van der Waals surface area contributed by atoms with E-state index in [2.05, 4.69) is 15.6 Å². The van der Waals surface area contributed by atoms with Gasteiger partial charge in [-0.2, -0.15) is 0 Å². The molecular formula is C18H22N4O3. The van der Waals surface area contributed by atoms with Crippen molar-refractivity contribution >= 4 is 17.6 Å². The maximum absolute atomic E-state index is 12.5. The maximum atomic E-state index is 12.5. The molecule has 7 nitrogen and oxygen atoms in total. The number of amides is 3. The van der Waals surface area contributed by atoms with E-state index in [1.54, 1.807) is 18.1 Å². The molecule has 1 aromatic heterocycles. The SMILES string of the molecule is CNC(=O)[C@H]1CCCN(C(=O)Nc2cccc(-c3ncc(C)o3)c2)C1. The number of nitrogens with one attached hydrogen (secondary N) is 2. The molecule has 0 spiro atoms. The number of urea groups is 1. The third kappa shape index (κ3) is 3.99. The summed E-state index contributed by atoms with van der Waals surface area (Å²) in [5.74, 6) is 1.09. The van der Waals surface area contributed by atoms with Crippen LogP contribution in [0.3, 0.4) is 0 Å². The molecule has 1 saturated heterocycles. The van der Waals surface area contributed by atoms with E-state index >= 15 is 0 Å². The molecule has 2 heterocycles. The van der Waals surface area contributed by atoms with Crippen LogP contribution in [0.15, 0.2) is 34.9 Å². The van der Waals surface area contributed by atoms with E-state index in [4.69, 9.17) is 4.42 Å². The highest BCUT2D eigenvalue weighted by Gasteiger charge is 2.27. The number of aromatic nitrogens is 1. The molecule has 0 unspecified atom stereocenters. The molecule has 0 saturated carbocycles. The van der Waals surface area contributed by atoms with Gasteiger partial charge in [0.25, 0.3) is 0 Å². The molecule has 0 radical (unpaired) electrons. The Kier molecular flexibility index (Phi) is 5.02. The van der Waals surface area contributed by atoms with E-state index in [1.807, 2.05) is 31.2 Å². The number of anilines is 1. The number of carbonyl (C=O) groups is 2. The molecule has 1 aliphatic rings. The van der Waals surface area contributed by atoms with Gasteiger partial charge < -0.3 is 20.0 Å². The Morgan fingerprint density at radius 2 is 2.20 bits per heavy atom. The Morgan fingerprint density at radius 1 is 1.36 bits per heavy atom. The number of piperidine rings is 1. The zero-order valence-electron chi connectivity index (χ0n) is 14.4. The summed E-state index contributed by atoms with van der Waals surface area (Å²) in [5.41, 5.74) is 1.47. The highest BCUT2D eigenvalue weighted by atomic mass is 16.4. The van der Waals surface area contributed by atoms with Crippen LogP contribution < -0.4 is 10.6 Å². The first-order valence-corrected chi connectivity index (χ1v) is 8.37. The number of hydrogen-bond acceptors (Lipinski definition) is 4. The lowest BCUT2D eigenvalue weighted by atomic mass is 9.97. The van der Waals surface area contributed by atoms with Crippen LogP contribution in [0.25, 0.3) is 11.5 Å². The van der Waals surface area contributed by atoms with Gasteiger partial charge in [0, 0.05) is 31.4 Å². The predicted octanol–water partition coefficient (Wildman–Crippen LogP) is 2.64. The van der Waals surface area contributed by atoms with Gasteiger partial charge in [-0.3, -0.25) is 4.79 Å². The minimum atomic E-state index is -0.200. The molecule has 2 aromatic rings. The van der Waals surface area contributed by atoms with Crippen LogP contribution in [0.1, 0.15) is 18.6 Å². The number of oxazole rings is 1. The first-order chi connectivity index (χ1) is 12.1. The molecule has 1 fully saturated rings. The number of benzene rings is 1. The molecule has 3 amide bonds. The lowest BCUT2D eigenvalue weighted by Gasteiger charge is -2.31. The van der Waals surface area contributed by atoms with Gasteiger partial charge in [0.2, 0.25) is 11.8 Å². The molecule has 1 aromatic carbocycles. The van der Waals surface area contributed by atoms with Crippen LogP contribution in [-0.4, -0.2) is 42.0 Å². The van der Waals surface area contributed by atoms with Crippen molar-refractivity contribution in [3.8, 4) is 11.5 Å². The van der Waals surface area contributed by atoms with Gasteiger partial charge in [-0.15, -0.1) is 0 Å². The van der Waals surface area contributed by atoms with Crippen LogP contribution in [0.2, 0.25) is 0 Å². The summed E-state index contributed by atoms with van der Waals surface area (Å²) >= 11 is 0. The normalized spacial score (nSPS) is 17.2. The van der Waals surface area contributed by atoms with E-state index in [1.165, 1.54) is 0 Å². The topological polar surface area (TPSA) is 87.5 Å². The molecule has 2 N–H and O–H groups in total. The first kappa shape index (κ1) is 17.0. The number of carbonyl (C=O) groups excluding carboxylic acids is 2. The quantitative estimate of drug-likeness (QED) is 0.897. The van der Waals surface area contributed by atoms with Crippen LogP contribution >= 0.6 is 0 Å². The minimum absolute atomic E-state index is 0.0150. The summed E-state index contributed by atoms with van der Waals surface area (Å²) in [6, 6.07) is 7.16. The predicted molar refractivity (Wildman–Crippen MR) is 94.1 cm³/mol. The van der Waals surface area contributed by atoms with Crippen molar-refractivity contribution < 1.29 is 14.0 Å². The summed E-state index contributed by atoms with van der Waals surface area (Å²) in [4.78, 5) is 30.2. The van der Waals surface area contributed by atoms with E-state index in [9.17, 15) is 9.59 Å². The van der Waals surface area contributed by atoms with Gasteiger partial charge in [-0.25, -0.2) is 9.78 Å². The zero-order chi connectivity index (χ0) is 17.8. The Balaban J connectivity index is 1.67. The van der Waals surface area contributed by atoms with E-state index in [-0.39, 0.29) is 17.9 Å². The number of aryl methyl sites for hydroxylation is 1. The van der Waals surface area contributed by atoms with Crippen LogP contribution in [0, 0.1) is 12.8 Å². The highest BCUT2D eigenvalue weighted by molar-refractivity contribution is 5.90. The molecule has 1 aliphatic heterocycles. The second-order valence-corrected chi connectivity index (χ2v) is 6.19. The van der Waals surface area contributed by atoms with Gasteiger partial charge in [-0.1, -0.05) is 6.07 Å². The average molecular weight is 342 g/mol. The smallest absolute Gasteiger partial charge is 0.321 e. The fourth-order valence-electron chi connectivity index (χ4n) is 3.00. The molecule has 3 rings (SSSR count). The second-order valence-electron chi connectivity index (χ2n) is 6.19. The highest BCUT2D eigenvalue weighted by Crippen LogP contribution is 2.23. The number of hydrogen-bond donors (Lipinski definition) is 2. The van der Waals surface area contributed by atoms with Gasteiger partial charge in [-0.05, 0) is 38.0 Å². The van der Waals surface area contributed by atoms with Gasteiger partial charge in [0.15, 0.2) is 0 Å². The number of nitrogens with zero attached hydrogens (tertiary/aromatic N) is 2. The maximum Gasteiger partial charge on any atom is 0.321 e. The lowest BCUT2D eigenvalue weighted by molar-refractivity contribution is -0.125. The van der Waals surface area contributed by atoms with Crippen LogP contribution in [0.4, 0.5) is 10.5 Å². The zero-order valence-corrected chi connectivity index (χ0v) is 14.4. The minimum Gasteiger partial charge on any atom is -0.441 e. The Hall–Kier alpha value is -2.83. The van der Waals surface area contributed by atoms with E-state index in [0.717, 1.165) is 24.2 Å². The Labute approximate surface area is 146 Å². The Morgan fingerprint density at radius 3 is 2.92 bits per heavy atom.